The molecule has 7 heteroatoms. The Morgan fingerprint density at radius 3 is 2.78 bits per heavy atom. The second-order valence-electron chi connectivity index (χ2n) is 3.92. The third-order valence-electron chi connectivity index (χ3n) is 2.68. The van der Waals surface area contributed by atoms with Crippen molar-refractivity contribution in [2.24, 2.45) is 0 Å². The van der Waals surface area contributed by atoms with Gasteiger partial charge in [0.25, 0.3) is 5.91 Å². The first-order chi connectivity index (χ1) is 8.61. The van der Waals surface area contributed by atoms with Gasteiger partial charge in [-0.2, -0.15) is 0 Å². The molecule has 18 heavy (non-hydrogen) atoms. The molecule has 1 aliphatic heterocycles. The smallest absolute Gasteiger partial charge is 0.311 e. The van der Waals surface area contributed by atoms with E-state index in [2.05, 4.69) is 10.6 Å². The van der Waals surface area contributed by atoms with Crippen LogP contribution in [0.25, 0.3) is 0 Å². The van der Waals surface area contributed by atoms with E-state index in [1.54, 1.807) is 0 Å². The van der Waals surface area contributed by atoms with Crippen molar-refractivity contribution in [1.29, 1.82) is 0 Å². The average molecular weight is 251 g/mol. The maximum atomic E-state index is 11.4. The highest BCUT2D eigenvalue weighted by Crippen LogP contribution is 2.29. The Morgan fingerprint density at radius 2 is 2.28 bits per heavy atom. The molecule has 0 unspecified atom stereocenters. The Hall–Kier alpha value is -2.15. The summed E-state index contributed by atoms with van der Waals surface area (Å²) in [7, 11) is 1.47. The fourth-order valence-corrected chi connectivity index (χ4v) is 1.57. The third kappa shape index (κ3) is 2.40. The Kier molecular flexibility index (Phi) is 3.42. The van der Waals surface area contributed by atoms with Gasteiger partial charge in [-0.3, -0.25) is 14.9 Å². The molecular weight excluding hydrogens is 238 g/mol. The lowest BCUT2D eigenvalue weighted by Crippen LogP contribution is -2.50. The SMILES string of the molecule is CNC(=O)c1ccc(OC2CNC2)c([N+](=O)[O-])c1. The zero-order chi connectivity index (χ0) is 13.1. The van der Waals surface area contributed by atoms with Gasteiger partial charge in [-0.25, -0.2) is 0 Å². The number of hydrogen-bond acceptors (Lipinski definition) is 5. The van der Waals surface area contributed by atoms with E-state index in [0.717, 1.165) is 0 Å². The largest absolute Gasteiger partial charge is 0.481 e. The first-order valence-corrected chi connectivity index (χ1v) is 5.49. The zero-order valence-electron chi connectivity index (χ0n) is 9.80. The monoisotopic (exact) mass is 251 g/mol. The van der Waals surface area contributed by atoms with Crippen molar-refractivity contribution in [3.8, 4) is 5.75 Å². The maximum Gasteiger partial charge on any atom is 0.311 e. The van der Waals surface area contributed by atoms with Crippen LogP contribution in [0.1, 0.15) is 10.4 Å². The minimum absolute atomic E-state index is 0.0467. The molecule has 1 saturated heterocycles. The molecule has 2 N–H and O–H groups in total. The summed E-state index contributed by atoms with van der Waals surface area (Å²) < 4.78 is 5.48. The zero-order valence-corrected chi connectivity index (χ0v) is 9.80. The van der Waals surface area contributed by atoms with Crippen LogP contribution in [0.4, 0.5) is 5.69 Å². The van der Waals surface area contributed by atoms with E-state index in [0.29, 0.717) is 13.1 Å². The van der Waals surface area contributed by atoms with E-state index in [-0.39, 0.29) is 29.0 Å². The highest BCUT2D eigenvalue weighted by molar-refractivity contribution is 5.94. The molecule has 1 heterocycles. The van der Waals surface area contributed by atoms with Gasteiger partial charge in [0.05, 0.1) is 4.92 Å². The van der Waals surface area contributed by atoms with Gasteiger partial charge in [-0.1, -0.05) is 0 Å². The van der Waals surface area contributed by atoms with E-state index in [4.69, 9.17) is 4.74 Å². The number of rotatable bonds is 4. The molecule has 1 aromatic carbocycles. The van der Waals surface area contributed by atoms with Gasteiger partial charge >= 0.3 is 5.69 Å². The van der Waals surface area contributed by atoms with Crippen molar-refractivity contribution in [3.63, 3.8) is 0 Å². The van der Waals surface area contributed by atoms with Crippen LogP contribution >= 0.6 is 0 Å². The summed E-state index contributed by atoms with van der Waals surface area (Å²) in [6, 6.07) is 4.19. The Bertz CT molecular complexity index is 485. The highest BCUT2D eigenvalue weighted by atomic mass is 16.6. The molecule has 0 aromatic heterocycles. The molecule has 0 atom stereocenters. The van der Waals surface area contributed by atoms with E-state index < -0.39 is 4.92 Å². The van der Waals surface area contributed by atoms with Gasteiger partial charge in [0.2, 0.25) is 0 Å². The Balaban J connectivity index is 2.28. The lowest BCUT2D eigenvalue weighted by Gasteiger charge is -2.27. The number of nitro benzene ring substituents is 1. The quantitative estimate of drug-likeness (QED) is 0.593. The van der Waals surface area contributed by atoms with Crippen LogP contribution in [0, 0.1) is 10.1 Å². The molecule has 7 nitrogen and oxygen atoms in total. The standard InChI is InChI=1S/C11H13N3O4/c1-12-11(15)7-2-3-10(9(4-7)14(16)17)18-8-5-13-6-8/h2-4,8,13H,5-6H2,1H3,(H,12,15). The van der Waals surface area contributed by atoms with E-state index in [1.807, 2.05) is 0 Å². The molecule has 1 aliphatic rings. The number of nitrogens with one attached hydrogen (secondary N) is 2. The Labute approximate surface area is 103 Å². The molecule has 0 bridgehead atoms. The number of nitro groups is 1. The summed E-state index contributed by atoms with van der Waals surface area (Å²) in [5.41, 5.74) is 0.0475. The van der Waals surface area contributed by atoms with Crippen LogP contribution < -0.4 is 15.4 Å². The molecule has 96 valence electrons. The topological polar surface area (TPSA) is 93.5 Å². The molecule has 0 spiro atoms. The fraction of sp³-hybridized carbons (Fsp3) is 0.364. The van der Waals surface area contributed by atoms with Gasteiger partial charge < -0.3 is 15.4 Å². The van der Waals surface area contributed by atoms with E-state index in [1.165, 1.54) is 25.2 Å². The number of ether oxygens (including phenoxy) is 1. The summed E-state index contributed by atoms with van der Waals surface area (Å²) >= 11 is 0. The summed E-state index contributed by atoms with van der Waals surface area (Å²) in [5.74, 6) is -0.172. The average Bonchev–Trinajstić information content (AvgIpc) is 2.32. The predicted molar refractivity (Wildman–Crippen MR) is 63.8 cm³/mol. The first-order valence-electron chi connectivity index (χ1n) is 5.49. The van der Waals surface area contributed by atoms with Gasteiger partial charge in [-0.05, 0) is 12.1 Å². The fourth-order valence-electron chi connectivity index (χ4n) is 1.57. The summed E-state index contributed by atoms with van der Waals surface area (Å²) in [5, 5.41) is 16.4. The number of hydrogen-bond donors (Lipinski definition) is 2. The number of benzene rings is 1. The Morgan fingerprint density at radius 1 is 1.56 bits per heavy atom. The molecule has 1 aromatic rings. The van der Waals surface area contributed by atoms with Crippen LogP contribution in [0.15, 0.2) is 18.2 Å². The number of nitrogens with zero attached hydrogens (tertiary/aromatic N) is 1. The van der Waals surface area contributed by atoms with Crippen molar-refractivity contribution in [2.45, 2.75) is 6.10 Å². The van der Waals surface area contributed by atoms with Crippen LogP contribution in [0.3, 0.4) is 0 Å². The van der Waals surface area contributed by atoms with Crippen molar-refractivity contribution in [1.82, 2.24) is 10.6 Å². The van der Waals surface area contributed by atoms with Crippen LogP contribution in [0.2, 0.25) is 0 Å². The molecular formula is C11H13N3O4. The molecule has 0 aliphatic carbocycles. The van der Waals surface area contributed by atoms with Gasteiger partial charge in [0.1, 0.15) is 6.10 Å². The number of carbonyl (C=O) groups is 1. The summed E-state index contributed by atoms with van der Waals surface area (Å²) in [4.78, 5) is 21.8. The van der Waals surface area contributed by atoms with Gasteiger partial charge in [-0.15, -0.1) is 0 Å². The third-order valence-corrected chi connectivity index (χ3v) is 2.68. The van der Waals surface area contributed by atoms with Crippen molar-refractivity contribution >= 4 is 11.6 Å². The lowest BCUT2D eigenvalue weighted by molar-refractivity contribution is -0.386. The second kappa shape index (κ2) is 5.01. The van der Waals surface area contributed by atoms with Gasteiger partial charge in [0.15, 0.2) is 5.75 Å². The molecule has 0 saturated carbocycles. The number of amides is 1. The lowest BCUT2D eigenvalue weighted by atomic mass is 10.1. The molecule has 1 amide bonds. The van der Waals surface area contributed by atoms with Crippen LogP contribution in [0.5, 0.6) is 5.75 Å². The summed E-state index contributed by atoms with van der Waals surface area (Å²) in [6.45, 7) is 1.35. The van der Waals surface area contributed by atoms with Crippen molar-refractivity contribution in [3.05, 3.63) is 33.9 Å². The minimum atomic E-state index is -0.548. The summed E-state index contributed by atoms with van der Waals surface area (Å²) in [6.07, 6.45) is -0.0467. The molecule has 0 radical (unpaired) electrons. The number of carbonyl (C=O) groups excluding carboxylic acids is 1. The predicted octanol–water partition coefficient (Wildman–Crippen LogP) is 0.305. The second-order valence-corrected chi connectivity index (χ2v) is 3.92. The van der Waals surface area contributed by atoms with Crippen LogP contribution in [-0.4, -0.2) is 37.1 Å². The van der Waals surface area contributed by atoms with Crippen LogP contribution in [-0.2, 0) is 0 Å². The maximum absolute atomic E-state index is 11.4. The van der Waals surface area contributed by atoms with E-state index >= 15 is 0 Å². The minimum Gasteiger partial charge on any atom is -0.481 e. The first kappa shape index (κ1) is 12.3. The molecule has 2 rings (SSSR count). The van der Waals surface area contributed by atoms with Crippen molar-refractivity contribution < 1.29 is 14.5 Å². The van der Waals surface area contributed by atoms with E-state index in [9.17, 15) is 14.9 Å². The normalized spacial score (nSPS) is 14.7. The van der Waals surface area contributed by atoms with Crippen molar-refractivity contribution in [2.75, 3.05) is 20.1 Å². The highest BCUT2D eigenvalue weighted by Gasteiger charge is 2.24. The van der Waals surface area contributed by atoms with Gasteiger partial charge in [0, 0.05) is 31.8 Å². The molecule has 1 fully saturated rings.